The molecule has 0 heterocycles. The van der Waals surface area contributed by atoms with Gasteiger partial charge in [-0.15, -0.1) is 0 Å². The molecular weight excluding hydrogens is 222 g/mol. The summed E-state index contributed by atoms with van der Waals surface area (Å²) in [5, 5.41) is 0. The lowest BCUT2D eigenvalue weighted by Gasteiger charge is -2.20. The first-order valence-electron chi connectivity index (χ1n) is 6.06. The third-order valence-electron chi connectivity index (χ3n) is 2.74. The van der Waals surface area contributed by atoms with E-state index in [9.17, 15) is 4.79 Å². The van der Waals surface area contributed by atoms with Crippen LogP contribution in [0, 0.1) is 18.9 Å². The minimum atomic E-state index is -0.118. The van der Waals surface area contributed by atoms with E-state index in [2.05, 4.69) is 38.8 Å². The van der Waals surface area contributed by atoms with Crippen LogP contribution < -0.4 is 0 Å². The first-order chi connectivity index (χ1) is 8.21. The minimum Gasteiger partial charge on any atom is -0.338 e. The summed E-state index contributed by atoms with van der Waals surface area (Å²) in [5.41, 5.74) is 2.87. The van der Waals surface area contributed by atoms with Gasteiger partial charge >= 0.3 is 0 Å². The van der Waals surface area contributed by atoms with Gasteiger partial charge in [0, 0.05) is 25.7 Å². The summed E-state index contributed by atoms with van der Waals surface area (Å²) < 4.78 is 0. The van der Waals surface area contributed by atoms with Gasteiger partial charge in [0.1, 0.15) is 0 Å². The van der Waals surface area contributed by atoms with Crippen molar-refractivity contribution >= 4 is 5.78 Å². The van der Waals surface area contributed by atoms with E-state index in [0.29, 0.717) is 5.56 Å². The van der Waals surface area contributed by atoms with Crippen molar-refractivity contribution in [3.8, 4) is 12.0 Å². The zero-order chi connectivity index (χ0) is 13.9. The molecule has 0 atom stereocenters. The van der Waals surface area contributed by atoms with Gasteiger partial charge in [-0.25, -0.2) is 0 Å². The van der Waals surface area contributed by atoms with E-state index in [4.69, 9.17) is 0 Å². The number of rotatable bonds is 1. The van der Waals surface area contributed by atoms with Crippen LogP contribution >= 0.6 is 0 Å². The molecule has 0 aliphatic heterocycles. The maximum Gasteiger partial charge on any atom is 0.237 e. The van der Waals surface area contributed by atoms with Crippen LogP contribution in [0.1, 0.15) is 42.3 Å². The van der Waals surface area contributed by atoms with Crippen LogP contribution in [0.3, 0.4) is 0 Å². The molecule has 2 heteroatoms. The highest BCUT2D eigenvalue weighted by molar-refractivity contribution is 6.10. The van der Waals surface area contributed by atoms with E-state index in [1.54, 1.807) is 4.90 Å². The minimum absolute atomic E-state index is 0.0394. The molecule has 0 N–H and O–H groups in total. The highest BCUT2D eigenvalue weighted by Crippen LogP contribution is 2.24. The molecule has 18 heavy (non-hydrogen) atoms. The Balaban J connectivity index is 3.18. The summed E-state index contributed by atoms with van der Waals surface area (Å²) in [6.07, 6.45) is 0. The van der Waals surface area contributed by atoms with Crippen molar-refractivity contribution in [3.05, 3.63) is 34.9 Å². The number of nitrogens with zero attached hydrogens (tertiary/aromatic N) is 1. The quantitative estimate of drug-likeness (QED) is 0.429. The standard InChI is InChI=1S/C16H21NO/c1-12-7-8-13(16(2,3)4)11-14(12)15(18)9-10-17(5)6/h7-8,11H,1-6H3. The Bertz CT molecular complexity index is 510. The molecule has 0 radical (unpaired) electrons. The van der Waals surface area contributed by atoms with Crippen LogP contribution in [0.5, 0.6) is 0 Å². The molecule has 0 unspecified atom stereocenters. The molecule has 0 saturated heterocycles. The second-order valence-electron chi connectivity index (χ2n) is 5.74. The van der Waals surface area contributed by atoms with E-state index in [1.807, 2.05) is 33.2 Å². The Kier molecular flexibility index (Phi) is 4.19. The number of carbonyl (C=O) groups excluding carboxylic acids is 1. The summed E-state index contributed by atoms with van der Waals surface area (Å²) in [5.74, 6) is 2.54. The fraction of sp³-hybridized carbons (Fsp3) is 0.438. The highest BCUT2D eigenvalue weighted by Gasteiger charge is 2.16. The number of benzene rings is 1. The molecule has 0 spiro atoms. The predicted molar refractivity (Wildman–Crippen MR) is 75.7 cm³/mol. The fourth-order valence-electron chi connectivity index (χ4n) is 1.56. The summed E-state index contributed by atoms with van der Waals surface area (Å²) in [7, 11) is 3.64. The van der Waals surface area contributed by atoms with Crippen molar-refractivity contribution in [2.75, 3.05) is 14.1 Å². The van der Waals surface area contributed by atoms with Crippen molar-refractivity contribution in [3.63, 3.8) is 0 Å². The summed E-state index contributed by atoms with van der Waals surface area (Å²) >= 11 is 0. The van der Waals surface area contributed by atoms with Crippen molar-refractivity contribution in [2.45, 2.75) is 33.1 Å². The van der Waals surface area contributed by atoms with E-state index in [0.717, 1.165) is 11.1 Å². The molecular formula is C16H21NO. The molecule has 0 aliphatic rings. The average molecular weight is 243 g/mol. The molecule has 0 aromatic heterocycles. The maximum atomic E-state index is 12.0. The number of aryl methyl sites for hydroxylation is 1. The zero-order valence-corrected chi connectivity index (χ0v) is 12.1. The van der Waals surface area contributed by atoms with Gasteiger partial charge in [-0.3, -0.25) is 4.79 Å². The molecule has 1 aromatic rings. The Morgan fingerprint density at radius 2 is 1.83 bits per heavy atom. The normalized spacial score (nSPS) is 10.6. The van der Waals surface area contributed by atoms with Crippen LogP contribution in [0.2, 0.25) is 0 Å². The van der Waals surface area contributed by atoms with Crippen LogP contribution in [-0.4, -0.2) is 24.8 Å². The predicted octanol–water partition coefficient (Wildman–Crippen LogP) is 3.00. The zero-order valence-electron chi connectivity index (χ0n) is 12.1. The highest BCUT2D eigenvalue weighted by atomic mass is 16.1. The average Bonchev–Trinajstić information content (AvgIpc) is 2.24. The Morgan fingerprint density at radius 3 is 2.33 bits per heavy atom. The molecule has 0 bridgehead atoms. The van der Waals surface area contributed by atoms with Gasteiger partial charge in [0.15, 0.2) is 0 Å². The molecule has 0 aliphatic carbocycles. The number of carbonyl (C=O) groups is 1. The van der Waals surface area contributed by atoms with Crippen molar-refractivity contribution < 1.29 is 4.79 Å². The molecule has 0 amide bonds. The van der Waals surface area contributed by atoms with Crippen LogP contribution in [0.4, 0.5) is 0 Å². The topological polar surface area (TPSA) is 20.3 Å². The second-order valence-corrected chi connectivity index (χ2v) is 5.74. The largest absolute Gasteiger partial charge is 0.338 e. The lowest BCUT2D eigenvalue weighted by molar-refractivity contribution is 0.105. The first-order valence-corrected chi connectivity index (χ1v) is 6.06. The third-order valence-corrected chi connectivity index (χ3v) is 2.74. The van der Waals surface area contributed by atoms with Gasteiger partial charge in [-0.1, -0.05) is 32.9 Å². The SMILES string of the molecule is Cc1ccc(C(C)(C)C)cc1C(=O)C#CN(C)C. The maximum absolute atomic E-state index is 12.0. The van der Waals surface area contributed by atoms with Gasteiger partial charge in [-0.05, 0) is 35.5 Å². The summed E-state index contributed by atoms with van der Waals surface area (Å²) in [6, 6.07) is 8.79. The molecule has 1 aromatic carbocycles. The first kappa shape index (κ1) is 14.3. The number of ketones is 1. The van der Waals surface area contributed by atoms with Gasteiger partial charge < -0.3 is 4.90 Å². The lowest BCUT2D eigenvalue weighted by Crippen LogP contribution is -2.13. The third kappa shape index (κ3) is 3.63. The van der Waals surface area contributed by atoms with Gasteiger partial charge in [0.05, 0.1) is 0 Å². The summed E-state index contributed by atoms with van der Waals surface area (Å²) in [4.78, 5) is 13.7. The Hall–Kier alpha value is -1.75. The summed E-state index contributed by atoms with van der Waals surface area (Å²) in [6.45, 7) is 8.35. The Morgan fingerprint density at radius 1 is 1.22 bits per heavy atom. The van der Waals surface area contributed by atoms with Gasteiger partial charge in [0.25, 0.3) is 0 Å². The fourth-order valence-corrected chi connectivity index (χ4v) is 1.56. The monoisotopic (exact) mass is 243 g/mol. The van der Waals surface area contributed by atoms with E-state index < -0.39 is 0 Å². The molecule has 0 fully saturated rings. The van der Waals surface area contributed by atoms with E-state index in [-0.39, 0.29) is 11.2 Å². The van der Waals surface area contributed by atoms with Crippen molar-refractivity contribution in [2.24, 2.45) is 0 Å². The Labute approximate surface area is 110 Å². The molecule has 2 nitrogen and oxygen atoms in total. The molecule has 1 rings (SSSR count). The molecule has 0 saturated carbocycles. The lowest BCUT2D eigenvalue weighted by atomic mass is 9.85. The number of Topliss-reactive ketones (excluding diaryl/α,β-unsaturated/α-hetero) is 1. The van der Waals surface area contributed by atoms with Crippen LogP contribution in [0.15, 0.2) is 18.2 Å². The van der Waals surface area contributed by atoms with Crippen LogP contribution in [-0.2, 0) is 5.41 Å². The van der Waals surface area contributed by atoms with E-state index >= 15 is 0 Å². The second kappa shape index (κ2) is 5.27. The number of hydrogen-bond donors (Lipinski definition) is 0. The smallest absolute Gasteiger partial charge is 0.237 e. The van der Waals surface area contributed by atoms with Gasteiger partial charge in [-0.2, -0.15) is 0 Å². The number of hydrogen-bond acceptors (Lipinski definition) is 2. The van der Waals surface area contributed by atoms with Crippen molar-refractivity contribution in [1.29, 1.82) is 0 Å². The van der Waals surface area contributed by atoms with Crippen LogP contribution in [0.25, 0.3) is 0 Å². The van der Waals surface area contributed by atoms with Crippen molar-refractivity contribution in [1.82, 2.24) is 4.90 Å². The molecule has 96 valence electrons. The van der Waals surface area contributed by atoms with Gasteiger partial charge in [0.2, 0.25) is 5.78 Å². The van der Waals surface area contributed by atoms with E-state index in [1.165, 1.54) is 0 Å².